The van der Waals surface area contributed by atoms with Crippen LogP contribution in [-0.2, 0) is 53.0 Å². The SMILES string of the molecule is C.C.C.C.COC(=O)C(N)C(C)C.COC(=O)C(NCc1ccc(-c2ccc(OC)cc2)s1)C(C)C.COC(=O)C(NCc1ccc(Br)s1)C(C)C.COc1ccc(-c2ccc(CNC(C(=O)O)C(C)C)s2)cc1.Cl. The second-order valence-electron chi connectivity index (χ2n) is 17.2. The lowest BCUT2D eigenvalue weighted by atomic mass is 10.0. The Hall–Kier alpha value is -4.37. The van der Waals surface area contributed by atoms with Crippen molar-refractivity contribution in [3.63, 3.8) is 0 Å². The van der Waals surface area contributed by atoms with Gasteiger partial charge in [-0.25, -0.2) is 0 Å². The normalized spacial score (nSPS) is 11.7. The highest BCUT2D eigenvalue weighted by Crippen LogP contribution is 2.31. The van der Waals surface area contributed by atoms with E-state index in [9.17, 15) is 24.3 Å². The van der Waals surface area contributed by atoms with Crippen LogP contribution < -0.4 is 31.2 Å². The van der Waals surface area contributed by atoms with E-state index in [4.69, 9.17) is 24.7 Å². The molecule has 3 aromatic heterocycles. The number of nitrogens with one attached hydrogen (secondary N) is 3. The molecule has 426 valence electrons. The third-order valence-electron chi connectivity index (χ3n) is 10.6. The lowest BCUT2D eigenvalue weighted by molar-refractivity contribution is -0.145. The van der Waals surface area contributed by atoms with Crippen LogP contribution in [0.3, 0.4) is 0 Å². The Labute approximate surface area is 476 Å². The van der Waals surface area contributed by atoms with Gasteiger partial charge in [-0.3, -0.25) is 35.1 Å². The molecular weight excluding hydrogens is 1100 g/mol. The van der Waals surface area contributed by atoms with Crippen LogP contribution in [0.5, 0.6) is 11.5 Å². The number of hydrogen-bond donors (Lipinski definition) is 5. The molecule has 75 heavy (non-hydrogen) atoms. The van der Waals surface area contributed by atoms with Crippen LogP contribution in [-0.4, -0.2) is 88.7 Å². The summed E-state index contributed by atoms with van der Waals surface area (Å²) in [5.74, 6) is 0.730. The number of aliphatic carboxylic acids is 1. The summed E-state index contributed by atoms with van der Waals surface area (Å²) in [4.78, 5) is 50.9. The van der Waals surface area contributed by atoms with Crippen LogP contribution in [0.2, 0.25) is 0 Å². The number of carbonyl (C=O) groups excluding carboxylic acids is 3. The largest absolute Gasteiger partial charge is 0.497 e. The van der Waals surface area contributed by atoms with Crippen LogP contribution in [0, 0.1) is 23.7 Å². The first-order valence-electron chi connectivity index (χ1n) is 22.8. The smallest absolute Gasteiger partial charge is 0.323 e. The van der Waals surface area contributed by atoms with E-state index in [2.05, 4.69) is 54.8 Å². The average molecular weight is 1190 g/mol. The fourth-order valence-electron chi connectivity index (χ4n) is 6.30. The minimum atomic E-state index is -0.804. The number of thiophene rings is 3. The van der Waals surface area contributed by atoms with Crippen molar-refractivity contribution in [2.24, 2.45) is 29.4 Å². The number of carboxylic acids is 1. The Morgan fingerprint density at radius 3 is 1.07 bits per heavy atom. The van der Waals surface area contributed by atoms with Crippen LogP contribution in [0.25, 0.3) is 20.9 Å². The summed E-state index contributed by atoms with van der Waals surface area (Å²) in [6.45, 7) is 17.5. The highest BCUT2D eigenvalue weighted by molar-refractivity contribution is 9.11. The maximum atomic E-state index is 11.8. The van der Waals surface area contributed by atoms with Gasteiger partial charge in [-0.05, 0) is 136 Å². The van der Waals surface area contributed by atoms with Gasteiger partial charge in [-0.2, -0.15) is 0 Å². The molecule has 0 aliphatic rings. The molecule has 5 aromatic rings. The predicted molar refractivity (Wildman–Crippen MR) is 322 cm³/mol. The molecule has 6 N–H and O–H groups in total. The minimum Gasteiger partial charge on any atom is -0.497 e. The minimum absolute atomic E-state index is 0. The van der Waals surface area contributed by atoms with Crippen molar-refractivity contribution in [1.82, 2.24) is 16.0 Å². The summed E-state index contributed by atoms with van der Waals surface area (Å²) in [5.41, 5.74) is 7.69. The van der Waals surface area contributed by atoms with Gasteiger partial charge in [0.15, 0.2) is 0 Å². The molecule has 0 fully saturated rings. The Bertz CT molecular complexity index is 2300. The van der Waals surface area contributed by atoms with E-state index in [1.54, 1.807) is 48.2 Å². The maximum absolute atomic E-state index is 11.8. The molecule has 0 amide bonds. The molecule has 0 aliphatic carbocycles. The molecule has 14 nitrogen and oxygen atoms in total. The predicted octanol–water partition coefficient (Wildman–Crippen LogP) is 13.2. The average Bonchev–Trinajstić information content (AvgIpc) is 4.13. The molecule has 0 saturated carbocycles. The maximum Gasteiger partial charge on any atom is 0.323 e. The summed E-state index contributed by atoms with van der Waals surface area (Å²) >= 11 is 8.46. The van der Waals surface area contributed by atoms with Crippen molar-refractivity contribution in [2.75, 3.05) is 35.5 Å². The number of methoxy groups -OCH3 is 5. The number of halogens is 2. The first-order chi connectivity index (χ1) is 33.2. The summed E-state index contributed by atoms with van der Waals surface area (Å²) in [6.07, 6.45) is 0. The number of carbonyl (C=O) groups is 4. The van der Waals surface area contributed by atoms with Gasteiger partial charge in [-0.15, -0.1) is 46.4 Å². The molecule has 3 heterocycles. The molecular formula is C56H90BrClN4O10S3. The lowest BCUT2D eigenvalue weighted by Gasteiger charge is -2.19. The monoisotopic (exact) mass is 1190 g/mol. The molecule has 2 aromatic carbocycles. The molecule has 0 spiro atoms. The highest BCUT2D eigenvalue weighted by Gasteiger charge is 2.24. The van der Waals surface area contributed by atoms with Gasteiger partial charge in [0.25, 0.3) is 0 Å². The van der Waals surface area contributed by atoms with E-state index in [0.717, 1.165) is 36.2 Å². The summed E-state index contributed by atoms with van der Waals surface area (Å²) in [5, 5.41) is 18.8. The number of rotatable bonds is 21. The second kappa shape index (κ2) is 40.8. The molecule has 0 aliphatic heterocycles. The quantitative estimate of drug-likeness (QED) is 0.0344. The van der Waals surface area contributed by atoms with Gasteiger partial charge in [0.2, 0.25) is 0 Å². The number of esters is 3. The number of carboxylic acid groups (broad SMARTS) is 1. The number of hydrogen-bond acceptors (Lipinski definition) is 16. The van der Waals surface area contributed by atoms with Gasteiger partial charge in [0.05, 0.1) is 39.3 Å². The van der Waals surface area contributed by atoms with E-state index >= 15 is 0 Å². The molecule has 5 rings (SSSR count). The highest BCUT2D eigenvalue weighted by atomic mass is 79.9. The van der Waals surface area contributed by atoms with Crippen LogP contribution >= 0.6 is 62.3 Å². The van der Waals surface area contributed by atoms with Crippen LogP contribution in [0.1, 0.15) is 99.7 Å². The van der Waals surface area contributed by atoms with Gasteiger partial charge in [0, 0.05) is 44.0 Å². The van der Waals surface area contributed by atoms with E-state index < -0.39 is 18.1 Å². The Balaban J connectivity index is -0.000000457. The van der Waals surface area contributed by atoms with Gasteiger partial charge in [0.1, 0.15) is 35.7 Å². The van der Waals surface area contributed by atoms with Gasteiger partial charge < -0.3 is 34.5 Å². The Morgan fingerprint density at radius 2 is 0.813 bits per heavy atom. The van der Waals surface area contributed by atoms with Crippen molar-refractivity contribution in [2.45, 2.75) is 129 Å². The second-order valence-corrected chi connectivity index (χ2v) is 22.1. The number of benzene rings is 2. The van der Waals surface area contributed by atoms with Crippen molar-refractivity contribution < 1.29 is 48.0 Å². The van der Waals surface area contributed by atoms with Crippen molar-refractivity contribution in [1.29, 1.82) is 0 Å². The molecule has 0 saturated heterocycles. The van der Waals surface area contributed by atoms with E-state index in [1.165, 1.54) is 36.0 Å². The van der Waals surface area contributed by atoms with E-state index in [-0.39, 0.29) is 95.8 Å². The van der Waals surface area contributed by atoms with Gasteiger partial charge >= 0.3 is 23.9 Å². The number of ether oxygens (including phenoxy) is 5. The Morgan fingerprint density at radius 1 is 0.493 bits per heavy atom. The molecule has 0 radical (unpaired) electrons. The first-order valence-corrected chi connectivity index (χ1v) is 26.1. The zero-order valence-electron chi connectivity index (χ0n) is 43.0. The molecule has 0 bridgehead atoms. The topological polar surface area (TPSA) is 197 Å². The van der Waals surface area contributed by atoms with Gasteiger partial charge in [-0.1, -0.05) is 85.1 Å². The van der Waals surface area contributed by atoms with E-state index in [0.29, 0.717) is 19.6 Å². The Kier molecular flexibility index (Phi) is 42.0. The summed E-state index contributed by atoms with van der Waals surface area (Å²) in [6, 6.07) is 26.7. The molecule has 19 heteroatoms. The van der Waals surface area contributed by atoms with E-state index in [1.807, 2.05) is 122 Å². The fourth-order valence-corrected chi connectivity index (χ4v) is 9.66. The van der Waals surface area contributed by atoms with Crippen LogP contribution in [0.15, 0.2) is 88.7 Å². The van der Waals surface area contributed by atoms with Crippen molar-refractivity contribution in [3.8, 4) is 32.4 Å². The summed E-state index contributed by atoms with van der Waals surface area (Å²) in [7, 11) is 7.49. The fraction of sp³-hybridized carbons (Fsp3) is 0.500. The lowest BCUT2D eigenvalue weighted by Crippen LogP contribution is -2.41. The van der Waals surface area contributed by atoms with Crippen LogP contribution in [0.4, 0.5) is 0 Å². The molecule has 4 atom stereocenters. The third-order valence-corrected chi connectivity index (χ3v) is 14.4. The zero-order valence-corrected chi connectivity index (χ0v) is 47.9. The molecule has 4 unspecified atom stereocenters. The number of nitrogens with two attached hydrogens (primary N) is 1. The standard InChI is InChI=1S/C18H23NO3S.C17H21NO3S.C11H16BrNO2S.C6H13NO2.4CH4.ClH/c1-12(2)17(18(20)22-4)19-11-15-9-10-16(23-15)13-5-7-14(21-3)8-6-13;1-11(2)16(17(19)20)18-10-14-8-9-15(22-14)12-4-6-13(21-3)7-5-12;1-7(2)10(11(14)15-3)13-6-8-4-5-9(12)16-8;1-4(2)5(7)6(8)9-3;;;;;/h5-10,12,17,19H,11H2,1-4H3;4-9,11,16,18H,10H2,1-3H3,(H,19,20);4-5,7,10,13H,6H2,1-3H3;4-5H,7H2,1-3H3;4*1H4;1H. The third kappa shape index (κ3) is 27.5. The van der Waals surface area contributed by atoms with Crippen molar-refractivity contribution >= 4 is 86.2 Å². The van der Waals surface area contributed by atoms with Crippen molar-refractivity contribution in [3.05, 3.63) is 103 Å². The summed E-state index contributed by atoms with van der Waals surface area (Å²) < 4.78 is 25.5. The first kappa shape index (κ1) is 77.1. The zero-order chi connectivity index (χ0) is 52.5.